The molecule has 0 spiro atoms. The second-order valence-electron chi connectivity index (χ2n) is 6.01. The lowest BCUT2D eigenvalue weighted by Gasteiger charge is -2.29. The second-order valence-corrected chi connectivity index (χ2v) is 7.78. The number of benzene rings is 2. The van der Waals surface area contributed by atoms with Gasteiger partial charge in [0.05, 0.1) is 24.2 Å². The molecule has 1 heterocycles. The number of morpholine rings is 1. The van der Waals surface area contributed by atoms with Gasteiger partial charge in [-0.25, -0.2) is 17.5 Å². The van der Waals surface area contributed by atoms with E-state index in [1.54, 1.807) is 12.1 Å². The summed E-state index contributed by atoms with van der Waals surface area (Å²) >= 11 is 0. The van der Waals surface area contributed by atoms with Crippen LogP contribution in [0.2, 0.25) is 0 Å². The molecule has 1 fully saturated rings. The zero-order chi connectivity index (χ0) is 18.6. The highest BCUT2D eigenvalue weighted by Crippen LogP contribution is 2.20. The van der Waals surface area contributed by atoms with Gasteiger partial charge in [-0.2, -0.15) is 0 Å². The van der Waals surface area contributed by atoms with Gasteiger partial charge in [0.1, 0.15) is 5.82 Å². The fourth-order valence-corrected chi connectivity index (χ4v) is 3.77. The van der Waals surface area contributed by atoms with E-state index in [4.69, 9.17) is 4.74 Å². The number of rotatable bonds is 6. The second kappa shape index (κ2) is 8.13. The molecule has 6 nitrogen and oxygen atoms in total. The van der Waals surface area contributed by atoms with E-state index in [1.807, 2.05) is 12.1 Å². The normalized spacial score (nSPS) is 16.5. The van der Waals surface area contributed by atoms with Crippen LogP contribution in [0.15, 0.2) is 53.4 Å². The van der Waals surface area contributed by atoms with Gasteiger partial charge in [-0.3, -0.25) is 0 Å². The summed E-state index contributed by atoms with van der Waals surface area (Å²) < 4.78 is 44.9. The maximum Gasteiger partial charge on any atom is 0.240 e. The van der Waals surface area contributed by atoms with E-state index in [1.165, 1.54) is 12.1 Å². The molecule has 0 radical (unpaired) electrons. The Hall–Kier alpha value is -2.00. The van der Waals surface area contributed by atoms with Crippen molar-refractivity contribution in [1.82, 2.24) is 4.72 Å². The maximum atomic E-state index is 12.9. The molecule has 3 rings (SSSR count). The van der Waals surface area contributed by atoms with E-state index in [0.717, 1.165) is 30.9 Å². The first-order valence-corrected chi connectivity index (χ1v) is 9.80. The monoisotopic (exact) mass is 380 g/mol. The van der Waals surface area contributed by atoms with Crippen molar-refractivity contribution in [2.45, 2.75) is 11.0 Å². The van der Waals surface area contributed by atoms with Gasteiger partial charge in [-0.05, 0) is 42.0 Å². The maximum absolute atomic E-state index is 12.9. The lowest BCUT2D eigenvalue weighted by molar-refractivity contribution is 0.122. The third-order valence-electron chi connectivity index (χ3n) is 4.24. The molecule has 1 saturated heterocycles. The molecular weight excluding hydrogens is 359 g/mol. The summed E-state index contributed by atoms with van der Waals surface area (Å²) in [7, 11) is -3.80. The highest BCUT2D eigenvalue weighted by molar-refractivity contribution is 7.89. The van der Waals surface area contributed by atoms with Gasteiger partial charge in [0.15, 0.2) is 0 Å². The molecule has 26 heavy (non-hydrogen) atoms. The predicted molar refractivity (Wildman–Crippen MR) is 96.0 cm³/mol. The number of nitrogens with zero attached hydrogens (tertiary/aromatic N) is 1. The molecule has 0 aliphatic carbocycles. The number of aliphatic hydroxyl groups is 1. The Labute approximate surface area is 152 Å². The first kappa shape index (κ1) is 18.8. The minimum absolute atomic E-state index is 0.0474. The number of aliphatic hydroxyl groups excluding tert-OH is 1. The van der Waals surface area contributed by atoms with E-state index < -0.39 is 21.9 Å². The summed E-state index contributed by atoms with van der Waals surface area (Å²) in [5.41, 5.74) is 1.65. The summed E-state index contributed by atoms with van der Waals surface area (Å²) in [6, 6.07) is 11.9. The standard InChI is InChI=1S/C18H21FN2O4S/c19-15-3-7-17(8-4-15)26(23,24)20-13-18(22)14-1-5-16(6-2-14)21-9-11-25-12-10-21/h1-8,18,20,22H,9-13H2. The summed E-state index contributed by atoms with van der Waals surface area (Å²) in [5.74, 6) is -0.510. The van der Waals surface area contributed by atoms with E-state index >= 15 is 0 Å². The van der Waals surface area contributed by atoms with Crippen molar-refractivity contribution < 1.29 is 22.7 Å². The van der Waals surface area contributed by atoms with Crippen molar-refractivity contribution in [2.75, 3.05) is 37.7 Å². The van der Waals surface area contributed by atoms with Crippen molar-refractivity contribution in [3.63, 3.8) is 0 Å². The third-order valence-corrected chi connectivity index (χ3v) is 5.68. The molecule has 2 N–H and O–H groups in total. The number of ether oxygens (including phenoxy) is 1. The van der Waals surface area contributed by atoms with Gasteiger partial charge in [0, 0.05) is 25.3 Å². The minimum Gasteiger partial charge on any atom is -0.387 e. The number of halogens is 1. The van der Waals surface area contributed by atoms with Crippen molar-refractivity contribution >= 4 is 15.7 Å². The van der Waals surface area contributed by atoms with Crippen molar-refractivity contribution in [1.29, 1.82) is 0 Å². The van der Waals surface area contributed by atoms with Gasteiger partial charge in [-0.15, -0.1) is 0 Å². The molecule has 1 aliphatic rings. The van der Waals surface area contributed by atoms with E-state index in [9.17, 15) is 17.9 Å². The molecule has 8 heteroatoms. The predicted octanol–water partition coefficient (Wildman–Crippen LogP) is 1.67. The van der Waals surface area contributed by atoms with Gasteiger partial charge >= 0.3 is 0 Å². The Kier molecular flexibility index (Phi) is 5.87. The van der Waals surface area contributed by atoms with Crippen LogP contribution >= 0.6 is 0 Å². The number of hydrogen-bond acceptors (Lipinski definition) is 5. The number of sulfonamides is 1. The minimum atomic E-state index is -3.80. The van der Waals surface area contributed by atoms with Crippen molar-refractivity contribution in [3.8, 4) is 0 Å². The van der Waals surface area contributed by atoms with Gasteiger partial charge in [0.25, 0.3) is 0 Å². The smallest absolute Gasteiger partial charge is 0.240 e. The molecule has 0 amide bonds. The first-order chi connectivity index (χ1) is 12.5. The van der Waals surface area contributed by atoms with Crippen molar-refractivity contribution in [2.24, 2.45) is 0 Å². The summed E-state index contributed by atoms with van der Waals surface area (Å²) in [6.07, 6.45) is -0.982. The van der Waals surface area contributed by atoms with E-state index in [-0.39, 0.29) is 11.4 Å². The molecule has 2 aromatic carbocycles. The SMILES string of the molecule is O=S(=O)(NCC(O)c1ccc(N2CCOCC2)cc1)c1ccc(F)cc1. The van der Waals surface area contributed by atoms with E-state index in [0.29, 0.717) is 18.8 Å². The number of anilines is 1. The molecule has 2 aromatic rings. The Morgan fingerprint density at radius 2 is 1.69 bits per heavy atom. The first-order valence-electron chi connectivity index (χ1n) is 8.32. The van der Waals surface area contributed by atoms with Crippen LogP contribution in [0.4, 0.5) is 10.1 Å². The molecule has 0 bridgehead atoms. The molecule has 1 atom stereocenters. The number of hydrogen-bond donors (Lipinski definition) is 2. The quantitative estimate of drug-likeness (QED) is 0.797. The fraction of sp³-hybridized carbons (Fsp3) is 0.333. The molecule has 1 unspecified atom stereocenters. The Morgan fingerprint density at radius 3 is 2.31 bits per heavy atom. The van der Waals surface area contributed by atoms with Crippen LogP contribution in [0.1, 0.15) is 11.7 Å². The van der Waals surface area contributed by atoms with Crippen LogP contribution in [-0.4, -0.2) is 46.4 Å². The summed E-state index contributed by atoms with van der Waals surface area (Å²) in [4.78, 5) is 2.14. The average molecular weight is 380 g/mol. The zero-order valence-corrected chi connectivity index (χ0v) is 15.0. The lowest BCUT2D eigenvalue weighted by atomic mass is 10.1. The third kappa shape index (κ3) is 4.59. The lowest BCUT2D eigenvalue weighted by Crippen LogP contribution is -2.36. The Balaban J connectivity index is 1.60. The Morgan fingerprint density at radius 1 is 1.08 bits per heavy atom. The molecule has 1 aliphatic heterocycles. The average Bonchev–Trinajstić information content (AvgIpc) is 2.67. The van der Waals surface area contributed by atoms with E-state index in [2.05, 4.69) is 9.62 Å². The largest absolute Gasteiger partial charge is 0.387 e. The van der Waals surface area contributed by atoms with Gasteiger partial charge in [-0.1, -0.05) is 12.1 Å². The van der Waals surface area contributed by atoms with Crippen LogP contribution < -0.4 is 9.62 Å². The highest BCUT2D eigenvalue weighted by atomic mass is 32.2. The van der Waals surface area contributed by atoms with Gasteiger partial charge in [0.2, 0.25) is 10.0 Å². The highest BCUT2D eigenvalue weighted by Gasteiger charge is 2.17. The van der Waals surface area contributed by atoms with Crippen LogP contribution in [0.3, 0.4) is 0 Å². The number of nitrogens with one attached hydrogen (secondary N) is 1. The topological polar surface area (TPSA) is 78.9 Å². The summed E-state index contributed by atoms with van der Waals surface area (Å²) in [5, 5.41) is 10.3. The van der Waals surface area contributed by atoms with Crippen LogP contribution in [0.5, 0.6) is 0 Å². The fourth-order valence-electron chi connectivity index (χ4n) is 2.73. The van der Waals surface area contributed by atoms with Gasteiger partial charge < -0.3 is 14.7 Å². The Bertz CT molecular complexity index is 819. The zero-order valence-electron chi connectivity index (χ0n) is 14.1. The molecule has 140 valence electrons. The molecule has 0 aromatic heterocycles. The summed E-state index contributed by atoms with van der Waals surface area (Å²) in [6.45, 7) is 2.85. The molecular formula is C18H21FN2O4S. The van der Waals surface area contributed by atoms with Crippen molar-refractivity contribution in [3.05, 3.63) is 59.9 Å². The van der Waals surface area contributed by atoms with Crippen LogP contribution in [0.25, 0.3) is 0 Å². The van der Waals surface area contributed by atoms with Crippen LogP contribution in [0, 0.1) is 5.82 Å². The van der Waals surface area contributed by atoms with Crippen LogP contribution in [-0.2, 0) is 14.8 Å². The molecule has 0 saturated carbocycles.